The SMILES string of the molecule is Cc1cc(Br)ccc1OCC(=O)NNC(=O)/C=C/c1cccs1. The zero-order chi connectivity index (χ0) is 16.7. The maximum absolute atomic E-state index is 11.6. The van der Waals surface area contributed by atoms with Crippen molar-refractivity contribution in [1.82, 2.24) is 10.9 Å². The van der Waals surface area contributed by atoms with Gasteiger partial charge >= 0.3 is 0 Å². The normalized spacial score (nSPS) is 10.5. The molecule has 2 aromatic rings. The van der Waals surface area contributed by atoms with Crippen LogP contribution in [0.15, 0.2) is 46.3 Å². The van der Waals surface area contributed by atoms with Crippen molar-refractivity contribution in [3.63, 3.8) is 0 Å². The van der Waals surface area contributed by atoms with E-state index in [0.29, 0.717) is 5.75 Å². The van der Waals surface area contributed by atoms with E-state index < -0.39 is 11.8 Å². The molecule has 1 aromatic heterocycles. The Morgan fingerprint density at radius 1 is 1.30 bits per heavy atom. The Balaban J connectivity index is 1.73. The molecule has 0 radical (unpaired) electrons. The molecule has 2 rings (SSSR count). The first-order chi connectivity index (χ1) is 11.0. The van der Waals surface area contributed by atoms with Gasteiger partial charge in [-0.2, -0.15) is 0 Å². The monoisotopic (exact) mass is 394 g/mol. The van der Waals surface area contributed by atoms with E-state index in [-0.39, 0.29) is 6.61 Å². The van der Waals surface area contributed by atoms with Crippen LogP contribution in [0.4, 0.5) is 0 Å². The number of rotatable bonds is 5. The smallest absolute Gasteiger partial charge is 0.276 e. The van der Waals surface area contributed by atoms with Crippen LogP contribution in [0.5, 0.6) is 5.75 Å². The highest BCUT2D eigenvalue weighted by Crippen LogP contribution is 2.21. The van der Waals surface area contributed by atoms with E-state index >= 15 is 0 Å². The van der Waals surface area contributed by atoms with E-state index in [9.17, 15) is 9.59 Å². The second-order valence-electron chi connectivity index (χ2n) is 4.58. The highest BCUT2D eigenvalue weighted by Gasteiger charge is 2.06. The molecule has 120 valence electrons. The molecule has 0 saturated carbocycles. The fraction of sp³-hybridized carbons (Fsp3) is 0.125. The number of thiophene rings is 1. The van der Waals surface area contributed by atoms with Crippen molar-refractivity contribution in [2.75, 3.05) is 6.61 Å². The summed E-state index contributed by atoms with van der Waals surface area (Å²) < 4.78 is 6.35. The first-order valence-electron chi connectivity index (χ1n) is 6.74. The fourth-order valence-electron chi connectivity index (χ4n) is 1.67. The summed E-state index contributed by atoms with van der Waals surface area (Å²) in [6, 6.07) is 9.28. The molecule has 23 heavy (non-hydrogen) atoms. The fourth-order valence-corrected chi connectivity index (χ4v) is 2.76. The lowest BCUT2D eigenvalue weighted by atomic mass is 10.2. The average molecular weight is 395 g/mol. The van der Waals surface area contributed by atoms with Crippen LogP contribution >= 0.6 is 27.3 Å². The minimum absolute atomic E-state index is 0.183. The topological polar surface area (TPSA) is 67.4 Å². The molecule has 0 aliphatic heterocycles. The first-order valence-corrected chi connectivity index (χ1v) is 8.41. The predicted molar refractivity (Wildman–Crippen MR) is 94.0 cm³/mol. The van der Waals surface area contributed by atoms with Crippen LogP contribution in [0.25, 0.3) is 6.08 Å². The Morgan fingerprint density at radius 2 is 2.13 bits per heavy atom. The van der Waals surface area contributed by atoms with E-state index in [1.54, 1.807) is 12.1 Å². The van der Waals surface area contributed by atoms with Gasteiger partial charge in [0, 0.05) is 15.4 Å². The van der Waals surface area contributed by atoms with Gasteiger partial charge in [0.2, 0.25) is 0 Å². The Bertz CT molecular complexity index is 714. The van der Waals surface area contributed by atoms with Crippen LogP contribution in [-0.2, 0) is 9.59 Å². The van der Waals surface area contributed by atoms with Crippen LogP contribution in [0.3, 0.4) is 0 Å². The van der Waals surface area contributed by atoms with Gasteiger partial charge in [0.15, 0.2) is 6.61 Å². The van der Waals surface area contributed by atoms with E-state index in [2.05, 4.69) is 26.8 Å². The van der Waals surface area contributed by atoms with E-state index in [4.69, 9.17) is 4.74 Å². The van der Waals surface area contributed by atoms with Gasteiger partial charge < -0.3 is 4.74 Å². The van der Waals surface area contributed by atoms with E-state index in [0.717, 1.165) is 14.9 Å². The van der Waals surface area contributed by atoms with E-state index in [1.807, 2.05) is 36.6 Å². The summed E-state index contributed by atoms with van der Waals surface area (Å²) in [4.78, 5) is 24.2. The van der Waals surface area contributed by atoms with Gasteiger partial charge in [0.1, 0.15) is 5.75 Å². The third kappa shape index (κ3) is 5.88. The van der Waals surface area contributed by atoms with Crippen LogP contribution in [0.1, 0.15) is 10.4 Å². The molecule has 0 saturated heterocycles. The molecule has 0 fully saturated rings. The third-order valence-corrected chi connectivity index (χ3v) is 4.09. The molecule has 7 heteroatoms. The van der Waals surface area contributed by atoms with Crippen molar-refractivity contribution in [1.29, 1.82) is 0 Å². The molecule has 1 heterocycles. The van der Waals surface area contributed by atoms with Crippen LogP contribution in [0, 0.1) is 6.92 Å². The number of ether oxygens (including phenoxy) is 1. The first kappa shape index (κ1) is 17.2. The number of amides is 2. The predicted octanol–water partition coefficient (Wildman–Crippen LogP) is 3.06. The number of hydrogen-bond acceptors (Lipinski definition) is 4. The molecule has 2 N–H and O–H groups in total. The molecule has 0 spiro atoms. The third-order valence-electron chi connectivity index (χ3n) is 2.76. The van der Waals surface area contributed by atoms with Crippen LogP contribution in [0.2, 0.25) is 0 Å². The van der Waals surface area contributed by atoms with Gasteiger partial charge in [0.05, 0.1) is 0 Å². The Morgan fingerprint density at radius 3 is 2.83 bits per heavy atom. The summed E-state index contributed by atoms with van der Waals surface area (Å²) in [5.74, 6) is -0.232. The lowest BCUT2D eigenvalue weighted by Crippen LogP contribution is -2.43. The van der Waals surface area contributed by atoms with Gasteiger partial charge in [-0.15, -0.1) is 11.3 Å². The number of benzene rings is 1. The molecule has 0 bridgehead atoms. The van der Waals surface area contributed by atoms with Crippen molar-refractivity contribution in [3.05, 3.63) is 56.7 Å². The summed E-state index contributed by atoms with van der Waals surface area (Å²) in [7, 11) is 0. The van der Waals surface area contributed by atoms with Crippen molar-refractivity contribution in [2.45, 2.75) is 6.92 Å². The largest absolute Gasteiger partial charge is 0.483 e. The molecule has 2 amide bonds. The second kappa shape index (κ2) is 8.50. The molecular weight excluding hydrogens is 380 g/mol. The highest BCUT2D eigenvalue weighted by atomic mass is 79.9. The molecule has 0 atom stereocenters. The summed E-state index contributed by atoms with van der Waals surface area (Å²) in [6.45, 7) is 1.70. The van der Waals surface area contributed by atoms with Crippen molar-refractivity contribution < 1.29 is 14.3 Å². The number of aryl methyl sites for hydroxylation is 1. The lowest BCUT2D eigenvalue weighted by Gasteiger charge is -2.09. The molecule has 0 aliphatic carbocycles. The standard InChI is InChI=1S/C16H15BrN2O3S/c1-11-9-12(17)4-6-14(11)22-10-16(21)19-18-15(20)7-5-13-3-2-8-23-13/h2-9H,10H2,1H3,(H,18,20)(H,19,21)/b7-5+. The molecule has 0 aliphatic rings. The Hall–Kier alpha value is -2.12. The maximum Gasteiger partial charge on any atom is 0.276 e. The number of nitrogens with one attached hydrogen (secondary N) is 2. The highest BCUT2D eigenvalue weighted by molar-refractivity contribution is 9.10. The Kier molecular flexibility index (Phi) is 6.37. The van der Waals surface area contributed by atoms with Gasteiger partial charge in [-0.05, 0) is 48.2 Å². The molecule has 0 unspecified atom stereocenters. The van der Waals surface area contributed by atoms with Crippen molar-refractivity contribution in [2.24, 2.45) is 0 Å². The lowest BCUT2D eigenvalue weighted by molar-refractivity contribution is -0.128. The summed E-state index contributed by atoms with van der Waals surface area (Å²) in [5, 5.41) is 1.92. The average Bonchev–Trinajstić information content (AvgIpc) is 3.03. The minimum atomic E-state index is -0.440. The van der Waals surface area contributed by atoms with Crippen LogP contribution < -0.4 is 15.6 Å². The molecule has 5 nitrogen and oxygen atoms in total. The zero-order valence-electron chi connectivity index (χ0n) is 12.3. The summed E-state index contributed by atoms with van der Waals surface area (Å²) >= 11 is 4.88. The van der Waals surface area contributed by atoms with Gasteiger partial charge in [-0.3, -0.25) is 20.4 Å². The van der Waals surface area contributed by atoms with E-state index in [1.165, 1.54) is 17.4 Å². The number of carbonyl (C=O) groups is 2. The maximum atomic E-state index is 11.6. The quantitative estimate of drug-likeness (QED) is 0.604. The van der Waals surface area contributed by atoms with Crippen molar-refractivity contribution in [3.8, 4) is 5.75 Å². The van der Waals surface area contributed by atoms with Crippen LogP contribution in [-0.4, -0.2) is 18.4 Å². The number of hydrazine groups is 1. The molecular formula is C16H15BrN2O3S. The second-order valence-corrected chi connectivity index (χ2v) is 6.48. The van der Waals surface area contributed by atoms with Gasteiger partial charge in [-0.1, -0.05) is 22.0 Å². The Labute approximate surface area is 146 Å². The van der Waals surface area contributed by atoms with Gasteiger partial charge in [-0.25, -0.2) is 0 Å². The summed E-state index contributed by atoms with van der Waals surface area (Å²) in [5.41, 5.74) is 5.50. The number of halogens is 1. The number of carbonyl (C=O) groups excluding carboxylic acids is 2. The zero-order valence-corrected chi connectivity index (χ0v) is 14.7. The molecule has 1 aromatic carbocycles. The van der Waals surface area contributed by atoms with Crippen molar-refractivity contribution >= 4 is 45.2 Å². The van der Waals surface area contributed by atoms with Gasteiger partial charge in [0.25, 0.3) is 11.8 Å². The number of hydrogen-bond donors (Lipinski definition) is 2. The minimum Gasteiger partial charge on any atom is -0.483 e. The summed E-state index contributed by atoms with van der Waals surface area (Å²) in [6.07, 6.45) is 3.03.